The molecule has 5 nitrogen and oxygen atoms in total. The average molecular weight is 253 g/mol. The molecule has 1 aromatic rings. The molecule has 1 atom stereocenters. The van der Waals surface area contributed by atoms with Gasteiger partial charge in [-0.05, 0) is 12.5 Å². The summed E-state index contributed by atoms with van der Waals surface area (Å²) in [7, 11) is 1.92. The molecule has 5 heteroatoms. The summed E-state index contributed by atoms with van der Waals surface area (Å²) < 4.78 is 13.5. The molecule has 2 rings (SSSR count). The molecule has 0 radical (unpaired) electrons. The summed E-state index contributed by atoms with van der Waals surface area (Å²) >= 11 is 0. The van der Waals surface area contributed by atoms with Crippen LogP contribution in [0.1, 0.15) is 26.3 Å². The molecule has 0 unspecified atom stereocenters. The van der Waals surface area contributed by atoms with E-state index in [1.54, 1.807) is 0 Å². The third-order valence-electron chi connectivity index (χ3n) is 3.09. The Morgan fingerprint density at radius 2 is 2.33 bits per heavy atom. The van der Waals surface area contributed by atoms with Crippen molar-refractivity contribution in [2.45, 2.75) is 38.8 Å². The van der Waals surface area contributed by atoms with Crippen LogP contribution in [0.4, 0.5) is 0 Å². The van der Waals surface area contributed by atoms with Gasteiger partial charge in [-0.2, -0.15) is 5.10 Å². The molecule has 0 saturated heterocycles. The molecule has 2 heterocycles. The van der Waals surface area contributed by atoms with E-state index in [1.165, 1.54) is 0 Å². The van der Waals surface area contributed by atoms with Crippen molar-refractivity contribution >= 4 is 0 Å². The lowest BCUT2D eigenvalue weighted by Gasteiger charge is -2.27. The van der Waals surface area contributed by atoms with Gasteiger partial charge in [0, 0.05) is 12.1 Å². The summed E-state index contributed by atoms with van der Waals surface area (Å²) in [6, 6.07) is 0. The van der Waals surface area contributed by atoms with E-state index in [-0.39, 0.29) is 11.5 Å². The molecule has 0 aliphatic carbocycles. The summed E-state index contributed by atoms with van der Waals surface area (Å²) in [6.07, 6.45) is 2.00. The van der Waals surface area contributed by atoms with Crippen LogP contribution in [0, 0.1) is 0 Å². The minimum atomic E-state index is 0.0629. The third-order valence-corrected chi connectivity index (χ3v) is 3.09. The Balaban J connectivity index is 2.01. The minimum absolute atomic E-state index is 0.0629. The summed E-state index contributed by atoms with van der Waals surface area (Å²) in [5.41, 5.74) is 1.23. The summed E-state index contributed by atoms with van der Waals surface area (Å²) in [5.74, 6) is 0.899. The number of ether oxygens (including phenoxy) is 2. The van der Waals surface area contributed by atoms with Crippen LogP contribution in [0.15, 0.2) is 6.20 Å². The monoisotopic (exact) mass is 253 g/mol. The number of aromatic nitrogens is 2. The first-order valence-electron chi connectivity index (χ1n) is 6.47. The maximum atomic E-state index is 5.82. The molecule has 0 amide bonds. The van der Waals surface area contributed by atoms with E-state index < -0.39 is 0 Å². The van der Waals surface area contributed by atoms with Gasteiger partial charge in [0.25, 0.3) is 0 Å². The first-order chi connectivity index (χ1) is 8.52. The minimum Gasteiger partial charge on any atom is -0.475 e. The van der Waals surface area contributed by atoms with Gasteiger partial charge in [-0.1, -0.05) is 20.8 Å². The highest BCUT2D eigenvalue weighted by atomic mass is 16.5. The number of fused-ring (bicyclic) bond motifs is 1. The van der Waals surface area contributed by atoms with E-state index in [0.29, 0.717) is 13.2 Å². The van der Waals surface area contributed by atoms with Gasteiger partial charge >= 0.3 is 0 Å². The Bertz CT molecular complexity index is 395. The largest absolute Gasteiger partial charge is 0.475 e. The van der Waals surface area contributed by atoms with Crippen molar-refractivity contribution < 1.29 is 9.47 Å². The molecule has 1 aromatic heterocycles. The zero-order valence-corrected chi connectivity index (χ0v) is 11.7. The van der Waals surface area contributed by atoms with Gasteiger partial charge < -0.3 is 14.8 Å². The van der Waals surface area contributed by atoms with Gasteiger partial charge in [0.15, 0.2) is 0 Å². The van der Waals surface area contributed by atoms with Crippen molar-refractivity contribution in [2.75, 3.05) is 26.8 Å². The predicted octanol–water partition coefficient (Wildman–Crippen LogP) is 1.18. The van der Waals surface area contributed by atoms with Crippen molar-refractivity contribution in [1.82, 2.24) is 15.1 Å². The second kappa shape index (κ2) is 5.28. The molecule has 0 saturated carbocycles. The van der Waals surface area contributed by atoms with Gasteiger partial charge in [0.2, 0.25) is 5.88 Å². The number of hydrogen-bond acceptors (Lipinski definition) is 4. The zero-order valence-electron chi connectivity index (χ0n) is 11.7. The highest BCUT2D eigenvalue weighted by molar-refractivity contribution is 5.32. The molecule has 102 valence electrons. The van der Waals surface area contributed by atoms with Crippen LogP contribution in [0.3, 0.4) is 0 Å². The number of likely N-dealkylation sites (N-methyl/N-ethyl adjacent to an activating group) is 1. The van der Waals surface area contributed by atoms with Crippen LogP contribution in [0.25, 0.3) is 0 Å². The highest BCUT2D eigenvalue weighted by Gasteiger charge is 2.28. The lowest BCUT2D eigenvalue weighted by atomic mass is 9.89. The second-order valence-electron chi connectivity index (χ2n) is 5.70. The second-order valence-corrected chi connectivity index (χ2v) is 5.70. The lowest BCUT2D eigenvalue weighted by molar-refractivity contribution is -0.0111. The quantitative estimate of drug-likeness (QED) is 0.819. The zero-order chi connectivity index (χ0) is 13.2. The normalized spacial score (nSPS) is 19.4. The molecule has 0 fully saturated rings. The standard InChI is InChI=1S/C13H23N3O2/c1-13(2,3)11-7-15-16-8-10(9-18-12(11)16)17-6-5-14-4/h7,10,14H,5-6,8-9H2,1-4H3/t10-/m0/s1. The van der Waals surface area contributed by atoms with Crippen LogP contribution >= 0.6 is 0 Å². The molecule has 1 aliphatic heterocycles. The van der Waals surface area contributed by atoms with Crippen molar-refractivity contribution in [2.24, 2.45) is 0 Å². The first-order valence-corrected chi connectivity index (χ1v) is 6.47. The SMILES string of the molecule is CNCCO[C@@H]1COc2c(C(C)(C)C)cnn2C1. The molecule has 1 N–H and O–H groups in total. The highest BCUT2D eigenvalue weighted by Crippen LogP contribution is 2.33. The fourth-order valence-electron chi connectivity index (χ4n) is 2.02. The Hall–Kier alpha value is -1.07. The number of rotatable bonds is 4. The molecule has 0 aromatic carbocycles. The lowest BCUT2D eigenvalue weighted by Crippen LogP contribution is -2.35. The Labute approximate surface area is 108 Å². The maximum absolute atomic E-state index is 5.82. The molecular formula is C13H23N3O2. The fraction of sp³-hybridized carbons (Fsp3) is 0.769. The first kappa shape index (κ1) is 13.4. The molecule has 1 aliphatic rings. The van der Waals surface area contributed by atoms with E-state index >= 15 is 0 Å². The van der Waals surface area contributed by atoms with Crippen LogP contribution in [-0.4, -0.2) is 42.7 Å². The number of nitrogens with one attached hydrogen (secondary N) is 1. The van der Waals surface area contributed by atoms with Crippen LogP contribution in [-0.2, 0) is 16.7 Å². The van der Waals surface area contributed by atoms with E-state index in [0.717, 1.165) is 24.5 Å². The Morgan fingerprint density at radius 1 is 1.56 bits per heavy atom. The summed E-state index contributed by atoms with van der Waals surface area (Å²) in [5, 5.41) is 7.46. The molecular weight excluding hydrogens is 230 g/mol. The van der Waals surface area contributed by atoms with Crippen LogP contribution < -0.4 is 10.1 Å². The Morgan fingerprint density at radius 3 is 3.00 bits per heavy atom. The van der Waals surface area contributed by atoms with Crippen molar-refractivity contribution in [3.63, 3.8) is 0 Å². The summed E-state index contributed by atoms with van der Waals surface area (Å²) in [4.78, 5) is 0. The molecule has 18 heavy (non-hydrogen) atoms. The fourth-order valence-corrected chi connectivity index (χ4v) is 2.02. The van der Waals surface area contributed by atoms with E-state index in [4.69, 9.17) is 9.47 Å². The van der Waals surface area contributed by atoms with Crippen molar-refractivity contribution in [1.29, 1.82) is 0 Å². The third kappa shape index (κ3) is 2.84. The van der Waals surface area contributed by atoms with Crippen LogP contribution in [0.2, 0.25) is 0 Å². The molecule has 0 bridgehead atoms. The van der Waals surface area contributed by atoms with Crippen molar-refractivity contribution in [3.05, 3.63) is 11.8 Å². The van der Waals surface area contributed by atoms with E-state index in [9.17, 15) is 0 Å². The predicted molar refractivity (Wildman–Crippen MR) is 70.1 cm³/mol. The van der Waals surface area contributed by atoms with E-state index in [1.807, 2.05) is 17.9 Å². The van der Waals surface area contributed by atoms with Gasteiger partial charge in [-0.3, -0.25) is 0 Å². The van der Waals surface area contributed by atoms with Gasteiger partial charge in [-0.15, -0.1) is 0 Å². The number of hydrogen-bond donors (Lipinski definition) is 1. The average Bonchev–Trinajstić information content (AvgIpc) is 2.72. The van der Waals surface area contributed by atoms with Crippen molar-refractivity contribution in [3.8, 4) is 5.88 Å². The topological polar surface area (TPSA) is 48.3 Å². The van der Waals surface area contributed by atoms with Gasteiger partial charge in [0.05, 0.1) is 19.3 Å². The van der Waals surface area contributed by atoms with Gasteiger partial charge in [0.1, 0.15) is 12.7 Å². The smallest absolute Gasteiger partial charge is 0.215 e. The Kier molecular flexibility index (Phi) is 3.92. The maximum Gasteiger partial charge on any atom is 0.215 e. The van der Waals surface area contributed by atoms with Crippen LogP contribution in [0.5, 0.6) is 5.88 Å². The molecule has 0 spiro atoms. The van der Waals surface area contributed by atoms with Gasteiger partial charge in [-0.25, -0.2) is 4.68 Å². The van der Waals surface area contributed by atoms with E-state index in [2.05, 4.69) is 31.2 Å². The summed E-state index contributed by atoms with van der Waals surface area (Å²) in [6.45, 7) is 9.45. The number of nitrogens with zero attached hydrogens (tertiary/aromatic N) is 2.